The SMILES string of the molecule is C=CC(NC(CC(=O)O)C(=O)O)P(=O)(O)O. The van der Waals surface area contributed by atoms with Gasteiger partial charge in [-0.2, -0.15) is 0 Å². The fourth-order valence-corrected chi connectivity index (χ4v) is 1.55. The van der Waals surface area contributed by atoms with Gasteiger partial charge in [0.05, 0.1) is 6.42 Å². The van der Waals surface area contributed by atoms with Gasteiger partial charge < -0.3 is 20.0 Å². The van der Waals surface area contributed by atoms with E-state index >= 15 is 0 Å². The fraction of sp³-hybridized carbons (Fsp3) is 0.429. The summed E-state index contributed by atoms with van der Waals surface area (Å²) in [7, 11) is -4.60. The summed E-state index contributed by atoms with van der Waals surface area (Å²) in [5, 5.41) is 19.0. The van der Waals surface area contributed by atoms with Crippen molar-refractivity contribution < 1.29 is 34.2 Å². The first-order chi connectivity index (χ1) is 7.18. The van der Waals surface area contributed by atoms with Crippen molar-refractivity contribution in [2.24, 2.45) is 0 Å². The van der Waals surface area contributed by atoms with E-state index in [4.69, 9.17) is 20.0 Å². The lowest BCUT2D eigenvalue weighted by atomic mass is 10.2. The molecule has 0 rings (SSSR count). The van der Waals surface area contributed by atoms with E-state index in [1.807, 2.05) is 5.32 Å². The average Bonchev–Trinajstić information content (AvgIpc) is 2.08. The maximum atomic E-state index is 10.8. The minimum Gasteiger partial charge on any atom is -0.481 e. The molecule has 0 spiro atoms. The molecule has 0 aliphatic heterocycles. The zero-order valence-electron chi connectivity index (χ0n) is 8.11. The number of carbonyl (C=O) groups is 2. The van der Waals surface area contributed by atoms with Crippen molar-refractivity contribution in [3.63, 3.8) is 0 Å². The van der Waals surface area contributed by atoms with Gasteiger partial charge in [-0.15, -0.1) is 6.58 Å². The molecule has 9 heteroatoms. The fourth-order valence-electron chi connectivity index (χ4n) is 0.901. The summed E-state index contributed by atoms with van der Waals surface area (Å²) >= 11 is 0. The molecule has 0 aromatic rings. The van der Waals surface area contributed by atoms with Gasteiger partial charge in [-0.3, -0.25) is 19.5 Å². The molecule has 0 aliphatic carbocycles. The van der Waals surface area contributed by atoms with Crippen LogP contribution in [0.1, 0.15) is 6.42 Å². The summed E-state index contributed by atoms with van der Waals surface area (Å²) in [6.45, 7) is 3.12. The maximum absolute atomic E-state index is 10.8. The lowest BCUT2D eigenvalue weighted by molar-refractivity contribution is -0.146. The molecule has 0 radical (unpaired) electrons. The Bertz CT molecular complexity index is 336. The summed E-state index contributed by atoms with van der Waals surface area (Å²) < 4.78 is 10.8. The summed E-state index contributed by atoms with van der Waals surface area (Å²) in [4.78, 5) is 38.5. The van der Waals surface area contributed by atoms with Gasteiger partial charge in [0.1, 0.15) is 11.8 Å². The van der Waals surface area contributed by atoms with Gasteiger partial charge in [-0.25, -0.2) is 0 Å². The van der Waals surface area contributed by atoms with Crippen LogP contribution >= 0.6 is 7.60 Å². The minimum absolute atomic E-state index is 0.792. The highest BCUT2D eigenvalue weighted by Crippen LogP contribution is 2.40. The molecule has 0 heterocycles. The van der Waals surface area contributed by atoms with Gasteiger partial charge in [0.15, 0.2) is 0 Å². The molecule has 92 valence electrons. The van der Waals surface area contributed by atoms with Crippen LogP contribution in [0.3, 0.4) is 0 Å². The van der Waals surface area contributed by atoms with E-state index in [0.29, 0.717) is 0 Å². The second-order valence-electron chi connectivity index (χ2n) is 2.92. The number of hydrogen-bond donors (Lipinski definition) is 5. The number of nitrogens with one attached hydrogen (secondary N) is 1. The van der Waals surface area contributed by atoms with Gasteiger partial charge in [0, 0.05) is 0 Å². The smallest absolute Gasteiger partial charge is 0.346 e. The first-order valence-corrected chi connectivity index (χ1v) is 5.75. The molecule has 0 fully saturated rings. The third-order valence-corrected chi connectivity index (χ3v) is 2.72. The van der Waals surface area contributed by atoms with E-state index in [1.165, 1.54) is 0 Å². The second-order valence-corrected chi connectivity index (χ2v) is 4.66. The van der Waals surface area contributed by atoms with Gasteiger partial charge in [-0.05, 0) is 0 Å². The van der Waals surface area contributed by atoms with Gasteiger partial charge in [-0.1, -0.05) is 6.08 Å². The number of carboxylic acid groups (broad SMARTS) is 2. The van der Waals surface area contributed by atoms with Crippen LogP contribution < -0.4 is 5.32 Å². The van der Waals surface area contributed by atoms with Crippen LogP contribution in [0.25, 0.3) is 0 Å². The molecule has 0 bridgehead atoms. The molecule has 0 aliphatic rings. The molecular formula is C7H12NO7P. The van der Waals surface area contributed by atoms with E-state index in [0.717, 1.165) is 6.08 Å². The predicted octanol–water partition coefficient (Wildman–Crippen LogP) is -0.806. The highest BCUT2D eigenvalue weighted by atomic mass is 31.2. The third-order valence-electron chi connectivity index (χ3n) is 1.63. The Balaban J connectivity index is 4.73. The zero-order chi connectivity index (χ0) is 12.9. The van der Waals surface area contributed by atoms with Crippen molar-refractivity contribution >= 4 is 19.5 Å². The molecule has 0 aromatic carbocycles. The van der Waals surface area contributed by atoms with Crippen molar-refractivity contribution in [2.45, 2.75) is 18.2 Å². The van der Waals surface area contributed by atoms with Crippen molar-refractivity contribution in [1.82, 2.24) is 5.32 Å². The first kappa shape index (κ1) is 14.8. The molecule has 8 nitrogen and oxygen atoms in total. The van der Waals surface area contributed by atoms with Crippen LogP contribution in [0.5, 0.6) is 0 Å². The van der Waals surface area contributed by atoms with Crippen LogP contribution in [-0.2, 0) is 14.2 Å². The highest BCUT2D eigenvalue weighted by Gasteiger charge is 2.31. The Morgan fingerprint density at radius 3 is 2.12 bits per heavy atom. The summed E-state index contributed by atoms with van der Waals surface area (Å²) in [6.07, 6.45) is 0.0399. The lowest BCUT2D eigenvalue weighted by Crippen LogP contribution is -2.43. The molecule has 0 amide bonds. The van der Waals surface area contributed by atoms with Crippen LogP contribution in [0.2, 0.25) is 0 Å². The molecule has 0 saturated heterocycles. The van der Waals surface area contributed by atoms with Gasteiger partial charge in [0.2, 0.25) is 0 Å². The van der Waals surface area contributed by atoms with Crippen LogP contribution in [0.4, 0.5) is 0 Å². The summed E-state index contributed by atoms with van der Waals surface area (Å²) in [5.74, 6) is -4.50. The minimum atomic E-state index is -4.60. The average molecular weight is 253 g/mol. The van der Waals surface area contributed by atoms with E-state index in [1.54, 1.807) is 0 Å². The quantitative estimate of drug-likeness (QED) is 0.293. The zero-order valence-corrected chi connectivity index (χ0v) is 9.00. The summed E-state index contributed by atoms with van der Waals surface area (Å²) in [5.41, 5.74) is 0. The number of carboxylic acids is 2. The maximum Gasteiger partial charge on any atom is 0.346 e. The Kier molecular flexibility index (Phi) is 5.32. The second kappa shape index (κ2) is 5.76. The molecule has 5 N–H and O–H groups in total. The van der Waals surface area contributed by atoms with E-state index in [9.17, 15) is 14.2 Å². The molecular weight excluding hydrogens is 241 g/mol. The molecule has 0 aromatic heterocycles. The van der Waals surface area contributed by atoms with Crippen molar-refractivity contribution in [2.75, 3.05) is 0 Å². The normalized spacial score (nSPS) is 15.1. The van der Waals surface area contributed by atoms with Crippen molar-refractivity contribution in [1.29, 1.82) is 0 Å². The number of aliphatic carboxylic acids is 2. The first-order valence-electron chi connectivity index (χ1n) is 4.07. The van der Waals surface area contributed by atoms with E-state index in [2.05, 4.69) is 6.58 Å². The number of hydrogen-bond acceptors (Lipinski definition) is 4. The Labute approximate surface area is 90.8 Å². The van der Waals surface area contributed by atoms with Crippen LogP contribution in [0, 0.1) is 0 Å². The molecule has 16 heavy (non-hydrogen) atoms. The molecule has 2 atom stereocenters. The lowest BCUT2D eigenvalue weighted by Gasteiger charge is -2.20. The van der Waals surface area contributed by atoms with Crippen LogP contribution in [0.15, 0.2) is 12.7 Å². The highest BCUT2D eigenvalue weighted by molar-refractivity contribution is 7.52. The topological polar surface area (TPSA) is 144 Å². The van der Waals surface area contributed by atoms with E-state index < -0.39 is 37.8 Å². The Morgan fingerprint density at radius 1 is 1.38 bits per heavy atom. The monoisotopic (exact) mass is 253 g/mol. The van der Waals surface area contributed by atoms with Gasteiger partial charge in [0.25, 0.3) is 0 Å². The largest absolute Gasteiger partial charge is 0.481 e. The predicted molar refractivity (Wildman–Crippen MR) is 52.8 cm³/mol. The van der Waals surface area contributed by atoms with Gasteiger partial charge >= 0.3 is 19.5 Å². The standard InChI is InChI=1S/C7H12NO7P/c1-2-5(16(13,14)15)8-4(7(11)12)3-6(9)10/h2,4-5,8H,1,3H2,(H,9,10)(H,11,12)(H2,13,14,15). The van der Waals surface area contributed by atoms with Crippen LogP contribution in [-0.4, -0.2) is 43.8 Å². The molecule has 2 unspecified atom stereocenters. The van der Waals surface area contributed by atoms with E-state index in [-0.39, 0.29) is 0 Å². The third kappa shape index (κ3) is 5.04. The number of rotatable bonds is 7. The van der Waals surface area contributed by atoms with Crippen molar-refractivity contribution in [3.05, 3.63) is 12.7 Å². The summed E-state index contributed by atoms with van der Waals surface area (Å²) in [6, 6.07) is -1.59. The Hall–Kier alpha value is -1.21. The Morgan fingerprint density at radius 2 is 1.88 bits per heavy atom. The molecule has 0 saturated carbocycles. The van der Waals surface area contributed by atoms with Crippen molar-refractivity contribution in [3.8, 4) is 0 Å².